The average molecular weight is 320 g/mol. The van der Waals surface area contributed by atoms with Crippen molar-refractivity contribution in [1.82, 2.24) is 14.6 Å². The maximum absolute atomic E-state index is 12.5. The van der Waals surface area contributed by atoms with Crippen molar-refractivity contribution in [3.05, 3.63) is 59.5 Å². The van der Waals surface area contributed by atoms with Crippen molar-refractivity contribution in [3.63, 3.8) is 0 Å². The van der Waals surface area contributed by atoms with Gasteiger partial charge in [-0.3, -0.25) is 4.79 Å². The quantitative estimate of drug-likeness (QED) is 0.788. The van der Waals surface area contributed by atoms with E-state index in [1.165, 1.54) is 0 Å². The van der Waals surface area contributed by atoms with E-state index in [0.717, 1.165) is 23.3 Å². The minimum Gasteiger partial charge on any atom is -0.307 e. The van der Waals surface area contributed by atoms with Crippen LogP contribution in [0.5, 0.6) is 0 Å². The second-order valence-corrected chi connectivity index (χ2v) is 4.95. The van der Waals surface area contributed by atoms with Gasteiger partial charge in [0.1, 0.15) is 5.82 Å². The van der Waals surface area contributed by atoms with Gasteiger partial charge in [-0.1, -0.05) is 0 Å². The monoisotopic (exact) mass is 320 g/mol. The van der Waals surface area contributed by atoms with Crippen molar-refractivity contribution in [2.75, 3.05) is 5.32 Å². The normalized spacial score (nSPS) is 11.7. The van der Waals surface area contributed by atoms with Crippen LogP contribution in [0.25, 0.3) is 5.52 Å². The number of amides is 1. The maximum Gasteiger partial charge on any atom is 0.417 e. The first-order chi connectivity index (χ1) is 10.8. The lowest BCUT2D eigenvalue weighted by atomic mass is 10.2. The van der Waals surface area contributed by atoms with Gasteiger partial charge in [-0.15, -0.1) is 0 Å². The van der Waals surface area contributed by atoms with Gasteiger partial charge in [0, 0.05) is 18.0 Å². The highest BCUT2D eigenvalue weighted by Gasteiger charge is 2.30. The summed E-state index contributed by atoms with van der Waals surface area (Å²) in [6.07, 6.45) is -2.14. The smallest absolute Gasteiger partial charge is 0.307 e. The molecule has 3 aromatic rings. The lowest BCUT2D eigenvalue weighted by Gasteiger charge is -2.08. The Hall–Kier alpha value is -2.90. The molecule has 0 saturated heterocycles. The van der Waals surface area contributed by atoms with Crippen molar-refractivity contribution in [3.8, 4) is 0 Å². The van der Waals surface area contributed by atoms with Gasteiger partial charge in [-0.25, -0.2) is 9.50 Å². The molecule has 0 spiro atoms. The van der Waals surface area contributed by atoms with Gasteiger partial charge in [0.2, 0.25) is 0 Å². The number of carbonyl (C=O) groups excluding carboxylic acids is 1. The first kappa shape index (κ1) is 15.0. The molecule has 5 nitrogen and oxygen atoms in total. The Morgan fingerprint density at radius 3 is 2.65 bits per heavy atom. The molecule has 0 aliphatic carbocycles. The van der Waals surface area contributed by atoms with Gasteiger partial charge < -0.3 is 5.32 Å². The van der Waals surface area contributed by atoms with Gasteiger partial charge in [0.25, 0.3) is 5.91 Å². The summed E-state index contributed by atoms with van der Waals surface area (Å²) in [4.78, 5) is 15.8. The average Bonchev–Trinajstić information content (AvgIpc) is 2.85. The van der Waals surface area contributed by atoms with E-state index in [1.54, 1.807) is 22.8 Å². The first-order valence-electron chi connectivity index (χ1n) is 6.63. The number of nitrogens with one attached hydrogen (secondary N) is 1. The van der Waals surface area contributed by atoms with Gasteiger partial charge in [-0.2, -0.15) is 18.3 Å². The number of halogens is 3. The molecule has 0 radical (unpaired) electrons. The molecule has 0 bridgehead atoms. The van der Waals surface area contributed by atoms with E-state index in [-0.39, 0.29) is 5.82 Å². The predicted molar refractivity (Wildman–Crippen MR) is 77.1 cm³/mol. The van der Waals surface area contributed by atoms with Gasteiger partial charge in [-0.05, 0) is 37.3 Å². The van der Waals surface area contributed by atoms with Crippen LogP contribution in [0.3, 0.4) is 0 Å². The Labute approximate surface area is 128 Å². The van der Waals surface area contributed by atoms with E-state index < -0.39 is 17.6 Å². The minimum absolute atomic E-state index is 0.0487. The molecule has 8 heteroatoms. The zero-order chi connectivity index (χ0) is 16.6. The van der Waals surface area contributed by atoms with Crippen LogP contribution in [0.2, 0.25) is 0 Å². The molecule has 0 saturated carbocycles. The van der Waals surface area contributed by atoms with E-state index in [1.807, 2.05) is 13.0 Å². The van der Waals surface area contributed by atoms with Crippen LogP contribution < -0.4 is 5.32 Å². The van der Waals surface area contributed by atoms with E-state index in [9.17, 15) is 18.0 Å². The Bertz CT molecular complexity index is 869. The third-order valence-corrected chi connectivity index (χ3v) is 3.18. The zero-order valence-corrected chi connectivity index (χ0v) is 11.9. The standard InChI is InChI=1S/C15H11F3N4O/c1-9-6-12-7-10(4-5-22(12)21-9)14(23)20-13-3-2-11(8-19-13)15(16,17)18/h2-8H,1H3,(H,19,20,23). The highest BCUT2D eigenvalue weighted by atomic mass is 19.4. The van der Waals surface area contributed by atoms with Gasteiger partial charge >= 0.3 is 6.18 Å². The number of fused-ring (bicyclic) bond motifs is 1. The molecule has 1 amide bonds. The number of rotatable bonds is 2. The third-order valence-electron chi connectivity index (χ3n) is 3.18. The molecule has 0 aromatic carbocycles. The van der Waals surface area contributed by atoms with E-state index >= 15 is 0 Å². The second-order valence-electron chi connectivity index (χ2n) is 4.95. The molecule has 0 fully saturated rings. The van der Waals surface area contributed by atoms with Crippen LogP contribution in [0, 0.1) is 6.92 Å². The summed E-state index contributed by atoms with van der Waals surface area (Å²) in [6, 6.07) is 7.00. The molecule has 3 aromatic heterocycles. The molecular formula is C15H11F3N4O. The number of hydrogen-bond acceptors (Lipinski definition) is 3. The highest BCUT2D eigenvalue weighted by Crippen LogP contribution is 2.28. The minimum atomic E-state index is -4.46. The third kappa shape index (κ3) is 3.15. The fourth-order valence-corrected chi connectivity index (χ4v) is 2.09. The van der Waals surface area contributed by atoms with Crippen molar-refractivity contribution in [1.29, 1.82) is 0 Å². The summed E-state index contributed by atoms with van der Waals surface area (Å²) >= 11 is 0. The number of hydrogen-bond donors (Lipinski definition) is 1. The fourth-order valence-electron chi connectivity index (χ4n) is 2.09. The van der Waals surface area contributed by atoms with Crippen LogP contribution in [0.1, 0.15) is 21.6 Å². The number of aromatic nitrogens is 3. The molecule has 0 unspecified atom stereocenters. The molecule has 3 heterocycles. The first-order valence-corrected chi connectivity index (χ1v) is 6.63. The summed E-state index contributed by atoms with van der Waals surface area (Å²) in [6.45, 7) is 1.83. The molecular weight excluding hydrogens is 309 g/mol. The largest absolute Gasteiger partial charge is 0.417 e. The lowest BCUT2D eigenvalue weighted by Crippen LogP contribution is -2.14. The summed E-state index contributed by atoms with van der Waals surface area (Å²) in [5, 5.41) is 6.66. The molecule has 0 aliphatic heterocycles. The van der Waals surface area contributed by atoms with E-state index in [0.29, 0.717) is 11.8 Å². The molecule has 3 rings (SSSR count). The number of carbonyl (C=O) groups is 1. The molecule has 0 aliphatic rings. The Morgan fingerprint density at radius 1 is 1.22 bits per heavy atom. The van der Waals surface area contributed by atoms with Crippen LogP contribution in [0.15, 0.2) is 42.7 Å². The van der Waals surface area contributed by atoms with Crippen molar-refractivity contribution in [2.45, 2.75) is 13.1 Å². The molecule has 23 heavy (non-hydrogen) atoms. The van der Waals surface area contributed by atoms with Crippen LogP contribution in [-0.4, -0.2) is 20.5 Å². The van der Waals surface area contributed by atoms with Gasteiger partial charge in [0.05, 0.1) is 16.8 Å². The predicted octanol–water partition coefficient (Wildman–Crippen LogP) is 3.31. The topological polar surface area (TPSA) is 59.3 Å². The SMILES string of the molecule is Cc1cc2cc(C(=O)Nc3ccc(C(F)(F)F)cn3)ccn2n1. The lowest BCUT2D eigenvalue weighted by molar-refractivity contribution is -0.137. The fraction of sp³-hybridized carbons (Fsp3) is 0.133. The summed E-state index contributed by atoms with van der Waals surface area (Å²) < 4.78 is 39.0. The molecule has 1 N–H and O–H groups in total. The maximum atomic E-state index is 12.5. The highest BCUT2D eigenvalue weighted by molar-refractivity contribution is 6.04. The number of pyridine rings is 2. The van der Waals surface area contributed by atoms with E-state index in [4.69, 9.17) is 0 Å². The van der Waals surface area contributed by atoms with Crippen molar-refractivity contribution < 1.29 is 18.0 Å². The Balaban J connectivity index is 1.79. The summed E-state index contributed by atoms with van der Waals surface area (Å²) in [7, 11) is 0. The summed E-state index contributed by atoms with van der Waals surface area (Å²) in [5.74, 6) is -0.411. The van der Waals surface area contributed by atoms with Crippen molar-refractivity contribution in [2.24, 2.45) is 0 Å². The molecule has 118 valence electrons. The Morgan fingerprint density at radius 2 is 2.00 bits per heavy atom. The van der Waals surface area contributed by atoms with Crippen LogP contribution in [0.4, 0.5) is 19.0 Å². The second kappa shape index (κ2) is 5.38. The number of nitrogens with zero attached hydrogens (tertiary/aromatic N) is 3. The summed E-state index contributed by atoms with van der Waals surface area (Å²) in [5.41, 5.74) is 1.05. The van der Waals surface area contributed by atoms with Crippen molar-refractivity contribution >= 4 is 17.2 Å². The number of aryl methyl sites for hydroxylation is 1. The van der Waals surface area contributed by atoms with Crippen LogP contribution >= 0.6 is 0 Å². The van der Waals surface area contributed by atoms with E-state index in [2.05, 4.69) is 15.4 Å². The molecule has 0 atom stereocenters. The van der Waals surface area contributed by atoms with Gasteiger partial charge in [0.15, 0.2) is 0 Å². The Kier molecular flexibility index (Phi) is 3.51. The van der Waals surface area contributed by atoms with Crippen LogP contribution in [-0.2, 0) is 6.18 Å². The number of alkyl halides is 3. The zero-order valence-electron chi connectivity index (χ0n) is 11.9. The number of anilines is 1.